The summed E-state index contributed by atoms with van der Waals surface area (Å²) in [6, 6.07) is 9.72. The van der Waals surface area contributed by atoms with Crippen molar-refractivity contribution >= 4 is 29.2 Å². The van der Waals surface area contributed by atoms with Gasteiger partial charge in [-0.05, 0) is 43.2 Å². The number of ether oxygens (including phenoxy) is 2. The predicted octanol–water partition coefficient (Wildman–Crippen LogP) is 2.99. The first-order chi connectivity index (χ1) is 16.4. The van der Waals surface area contributed by atoms with Crippen LogP contribution in [0.5, 0.6) is 5.75 Å². The summed E-state index contributed by atoms with van der Waals surface area (Å²) < 4.78 is 25.8. The summed E-state index contributed by atoms with van der Waals surface area (Å²) >= 11 is 0. The minimum Gasteiger partial charge on any atom is -0.490 e. The Labute approximate surface area is 196 Å². The normalized spacial score (nSPS) is 21.8. The van der Waals surface area contributed by atoms with E-state index in [-0.39, 0.29) is 48.8 Å². The van der Waals surface area contributed by atoms with Crippen molar-refractivity contribution in [2.45, 2.75) is 37.5 Å². The summed E-state index contributed by atoms with van der Waals surface area (Å²) in [6.07, 6.45) is 0.993. The first-order valence-electron chi connectivity index (χ1n) is 11.1. The van der Waals surface area contributed by atoms with E-state index < -0.39 is 11.8 Å². The molecule has 0 saturated carbocycles. The van der Waals surface area contributed by atoms with Crippen LogP contribution < -0.4 is 20.7 Å². The van der Waals surface area contributed by atoms with E-state index >= 15 is 0 Å². The first-order valence-corrected chi connectivity index (χ1v) is 11.1. The molecular weight excluding hydrogens is 443 g/mol. The fraction of sp³-hybridized carbons (Fsp3) is 0.375. The Morgan fingerprint density at radius 1 is 1.15 bits per heavy atom. The molecule has 0 spiro atoms. The molecule has 0 aromatic heterocycles. The molecule has 1 saturated heterocycles. The molecule has 0 aliphatic carbocycles. The van der Waals surface area contributed by atoms with Gasteiger partial charge in [0.25, 0.3) is 5.91 Å². The lowest BCUT2D eigenvalue weighted by molar-refractivity contribution is -0.133. The van der Waals surface area contributed by atoms with E-state index in [0.717, 1.165) is 0 Å². The van der Waals surface area contributed by atoms with E-state index in [2.05, 4.69) is 16.0 Å². The van der Waals surface area contributed by atoms with Gasteiger partial charge in [-0.15, -0.1) is 0 Å². The molecule has 2 aliphatic heterocycles. The third-order valence-corrected chi connectivity index (χ3v) is 6.08. The van der Waals surface area contributed by atoms with E-state index in [4.69, 9.17) is 9.47 Å². The second kappa shape index (κ2) is 10.1. The maximum atomic E-state index is 13.8. The Morgan fingerprint density at radius 3 is 2.71 bits per heavy atom. The van der Waals surface area contributed by atoms with Crippen LogP contribution in [0.15, 0.2) is 42.5 Å². The lowest BCUT2D eigenvalue weighted by atomic mass is 9.94. The average molecular weight is 471 g/mol. The summed E-state index contributed by atoms with van der Waals surface area (Å²) in [7, 11) is 3.30. The van der Waals surface area contributed by atoms with Crippen molar-refractivity contribution in [2.24, 2.45) is 0 Å². The summed E-state index contributed by atoms with van der Waals surface area (Å²) in [4.78, 5) is 39.0. The van der Waals surface area contributed by atoms with Crippen LogP contribution in [0.2, 0.25) is 0 Å². The fourth-order valence-electron chi connectivity index (χ4n) is 4.26. The van der Waals surface area contributed by atoms with Crippen LogP contribution in [0.4, 0.5) is 20.6 Å². The summed E-state index contributed by atoms with van der Waals surface area (Å²) in [5.41, 5.74) is 0.709. The molecule has 2 aromatic rings. The van der Waals surface area contributed by atoms with Crippen molar-refractivity contribution in [3.05, 3.63) is 53.8 Å². The first kappa shape index (κ1) is 23.5. The summed E-state index contributed by atoms with van der Waals surface area (Å²) in [6.45, 7) is 0.222. The van der Waals surface area contributed by atoms with Crippen LogP contribution in [-0.4, -0.2) is 61.7 Å². The van der Waals surface area contributed by atoms with Crippen LogP contribution in [0.1, 0.15) is 29.6 Å². The lowest BCUT2D eigenvalue weighted by Crippen LogP contribution is -2.53. The number of likely N-dealkylation sites (N-methyl/N-ethyl adjacent to an activating group) is 1. The van der Waals surface area contributed by atoms with Gasteiger partial charge >= 0.3 is 6.03 Å². The molecule has 10 heteroatoms. The van der Waals surface area contributed by atoms with Crippen LogP contribution in [0.25, 0.3) is 0 Å². The molecule has 3 N–H and O–H groups in total. The maximum Gasteiger partial charge on any atom is 0.323 e. The van der Waals surface area contributed by atoms with Crippen LogP contribution in [0.3, 0.4) is 0 Å². The van der Waals surface area contributed by atoms with Crippen molar-refractivity contribution in [3.63, 3.8) is 0 Å². The van der Waals surface area contributed by atoms with Gasteiger partial charge in [0.05, 0.1) is 29.8 Å². The zero-order valence-electron chi connectivity index (χ0n) is 19.0. The molecule has 0 radical (unpaired) electrons. The molecule has 2 heterocycles. The zero-order valence-corrected chi connectivity index (χ0v) is 19.0. The second-order valence-electron chi connectivity index (χ2n) is 8.32. The number of fused-ring (bicyclic) bond motifs is 2. The molecule has 0 bridgehead atoms. The molecule has 2 aliphatic rings. The molecule has 4 amide bonds. The number of para-hydroxylation sites is 1. The lowest BCUT2D eigenvalue weighted by Gasteiger charge is -2.42. The monoisotopic (exact) mass is 470 g/mol. The van der Waals surface area contributed by atoms with Crippen LogP contribution >= 0.6 is 0 Å². The smallest absolute Gasteiger partial charge is 0.323 e. The summed E-state index contributed by atoms with van der Waals surface area (Å²) in [5, 5.41) is 7.67. The number of carbonyl (C=O) groups excluding carboxylic acids is 3. The van der Waals surface area contributed by atoms with Gasteiger partial charge in [0.15, 0.2) is 0 Å². The maximum absolute atomic E-state index is 13.8. The van der Waals surface area contributed by atoms with Gasteiger partial charge in [-0.2, -0.15) is 0 Å². The van der Waals surface area contributed by atoms with Crippen molar-refractivity contribution in [3.8, 4) is 5.75 Å². The van der Waals surface area contributed by atoms with Gasteiger partial charge in [0, 0.05) is 19.8 Å². The number of nitrogens with one attached hydrogen (secondary N) is 3. The van der Waals surface area contributed by atoms with Crippen molar-refractivity contribution in [2.75, 3.05) is 31.3 Å². The third kappa shape index (κ3) is 5.12. The van der Waals surface area contributed by atoms with Gasteiger partial charge in [-0.3, -0.25) is 9.59 Å². The van der Waals surface area contributed by atoms with E-state index in [1.54, 1.807) is 37.2 Å². The third-order valence-electron chi connectivity index (χ3n) is 6.08. The second-order valence-corrected chi connectivity index (χ2v) is 8.32. The number of hydrogen-bond donors (Lipinski definition) is 3. The standard InChI is InChI=1S/C24H27FN4O5/c1-26-22(30)12-15-8-9-19-21(34-15)13-33-20-10-7-14(11-16(20)23(31)29(19)2)27-24(32)28-18-6-4-3-5-17(18)25/h3-7,10-11,15,19,21H,8-9,12-13H2,1-2H3,(H,26,30)(H2,27,28,32)/t15-,19+,21+/m1/s1. The molecule has 2 aromatic carbocycles. The highest BCUT2D eigenvalue weighted by Crippen LogP contribution is 2.32. The fourth-order valence-corrected chi connectivity index (χ4v) is 4.26. The molecule has 180 valence electrons. The highest BCUT2D eigenvalue weighted by atomic mass is 19.1. The number of hydrogen-bond acceptors (Lipinski definition) is 5. The molecule has 9 nitrogen and oxygen atoms in total. The van der Waals surface area contributed by atoms with Crippen molar-refractivity contribution in [1.29, 1.82) is 0 Å². The SMILES string of the molecule is CNC(=O)C[C@H]1CC[C@H]2[C@H](COc3ccc(NC(=O)Nc4ccccc4F)cc3C(=O)N2C)O1. The molecule has 0 unspecified atom stereocenters. The average Bonchev–Trinajstić information content (AvgIpc) is 2.83. The Kier molecular flexibility index (Phi) is 6.97. The molecule has 4 rings (SSSR count). The Bertz CT molecular complexity index is 1090. The van der Waals surface area contributed by atoms with Crippen LogP contribution in [0, 0.1) is 5.82 Å². The minimum atomic E-state index is -0.638. The Morgan fingerprint density at radius 2 is 1.94 bits per heavy atom. The predicted molar refractivity (Wildman–Crippen MR) is 123 cm³/mol. The van der Waals surface area contributed by atoms with Gasteiger partial charge in [0.2, 0.25) is 5.91 Å². The van der Waals surface area contributed by atoms with Crippen molar-refractivity contribution in [1.82, 2.24) is 10.2 Å². The highest BCUT2D eigenvalue weighted by Gasteiger charge is 2.39. The van der Waals surface area contributed by atoms with Gasteiger partial charge in [-0.25, -0.2) is 9.18 Å². The number of nitrogens with zero attached hydrogens (tertiary/aromatic N) is 1. The van der Waals surface area contributed by atoms with E-state index in [1.807, 2.05) is 0 Å². The number of rotatable bonds is 4. The number of halogens is 1. The van der Waals surface area contributed by atoms with Crippen LogP contribution in [-0.2, 0) is 9.53 Å². The molecular formula is C24H27FN4O5. The van der Waals surface area contributed by atoms with E-state index in [1.165, 1.54) is 24.3 Å². The number of anilines is 2. The van der Waals surface area contributed by atoms with Crippen molar-refractivity contribution < 1.29 is 28.2 Å². The summed E-state index contributed by atoms with van der Waals surface area (Å²) in [5.74, 6) is -0.546. The molecule has 3 atom stereocenters. The quantitative estimate of drug-likeness (QED) is 0.637. The number of benzene rings is 2. The zero-order chi connectivity index (χ0) is 24.2. The number of carbonyl (C=O) groups is 3. The topological polar surface area (TPSA) is 109 Å². The largest absolute Gasteiger partial charge is 0.490 e. The number of urea groups is 1. The minimum absolute atomic E-state index is 0.0449. The van der Waals surface area contributed by atoms with Gasteiger partial charge < -0.3 is 30.3 Å². The van der Waals surface area contributed by atoms with Gasteiger partial charge in [0.1, 0.15) is 24.3 Å². The van der Waals surface area contributed by atoms with E-state index in [9.17, 15) is 18.8 Å². The Hall–Kier alpha value is -3.66. The molecule has 1 fully saturated rings. The van der Waals surface area contributed by atoms with Gasteiger partial charge in [-0.1, -0.05) is 12.1 Å². The van der Waals surface area contributed by atoms with E-state index in [0.29, 0.717) is 29.8 Å². The number of amides is 4. The molecule has 34 heavy (non-hydrogen) atoms. The Balaban J connectivity index is 1.48. The highest BCUT2D eigenvalue weighted by molar-refractivity contribution is 6.02.